The highest BCUT2D eigenvalue weighted by molar-refractivity contribution is 6.08. The molecule has 160 valence electrons. The number of rotatable bonds is 7. The number of nitrogens with one attached hydrogen (secondary N) is 2. The van der Waals surface area contributed by atoms with Crippen LogP contribution in [0.4, 0.5) is 11.4 Å². The van der Waals surface area contributed by atoms with Gasteiger partial charge < -0.3 is 21.1 Å². The summed E-state index contributed by atoms with van der Waals surface area (Å²) in [7, 11) is 1.47. The molecule has 31 heavy (non-hydrogen) atoms. The predicted molar refractivity (Wildman–Crippen MR) is 122 cm³/mol. The Balaban J connectivity index is 1.92. The number of methoxy groups -OCH3 is 1. The lowest BCUT2D eigenvalue weighted by atomic mass is 10.0. The molecule has 0 saturated carbocycles. The number of para-hydroxylation sites is 1. The molecule has 1 heterocycles. The van der Waals surface area contributed by atoms with Crippen LogP contribution in [0.15, 0.2) is 60.8 Å². The first-order valence-corrected chi connectivity index (χ1v) is 9.97. The van der Waals surface area contributed by atoms with Crippen LogP contribution in [0.5, 0.6) is 5.88 Å². The number of carbonyl (C=O) groups excluding carboxylic acids is 2. The zero-order chi connectivity index (χ0) is 22.4. The maximum Gasteiger partial charge on any atom is 0.257 e. The number of nitrogens with two attached hydrogens (primary N) is 1. The van der Waals surface area contributed by atoms with Crippen molar-refractivity contribution in [3.63, 3.8) is 0 Å². The molecule has 1 aromatic heterocycles. The quantitative estimate of drug-likeness (QED) is 0.503. The van der Waals surface area contributed by atoms with E-state index in [9.17, 15) is 9.59 Å². The standard InChI is InChI=1S/C24H26N4O3/c1-15(2)13-26-22(29)20-12-17(14-27-24(20)31-3)16-9-10-21(25)19(11-16)23(30)28-18-7-5-4-6-8-18/h4-12,14-15H,13,25H2,1-3H3,(H,26,29)(H,28,30). The molecule has 2 amide bonds. The van der Waals surface area contributed by atoms with Crippen LogP contribution in [-0.2, 0) is 0 Å². The van der Waals surface area contributed by atoms with Crippen LogP contribution >= 0.6 is 0 Å². The molecule has 0 saturated heterocycles. The van der Waals surface area contributed by atoms with Crippen LogP contribution in [0.1, 0.15) is 34.6 Å². The average molecular weight is 418 g/mol. The molecule has 4 N–H and O–H groups in total. The number of ether oxygens (including phenoxy) is 1. The Morgan fingerprint density at radius 1 is 1.00 bits per heavy atom. The number of aromatic nitrogens is 1. The highest BCUT2D eigenvalue weighted by Crippen LogP contribution is 2.27. The van der Waals surface area contributed by atoms with Gasteiger partial charge in [0.15, 0.2) is 0 Å². The van der Waals surface area contributed by atoms with Gasteiger partial charge in [0.25, 0.3) is 11.8 Å². The minimum Gasteiger partial charge on any atom is -0.480 e. The van der Waals surface area contributed by atoms with E-state index >= 15 is 0 Å². The predicted octanol–water partition coefficient (Wildman–Crippen LogP) is 3.98. The van der Waals surface area contributed by atoms with E-state index in [2.05, 4.69) is 15.6 Å². The molecule has 3 aromatic rings. The zero-order valence-electron chi connectivity index (χ0n) is 17.8. The second-order valence-electron chi connectivity index (χ2n) is 7.51. The summed E-state index contributed by atoms with van der Waals surface area (Å²) in [5.74, 6) is -0.0318. The molecule has 0 bridgehead atoms. The van der Waals surface area contributed by atoms with Gasteiger partial charge in [-0.25, -0.2) is 4.98 Å². The largest absolute Gasteiger partial charge is 0.480 e. The lowest BCUT2D eigenvalue weighted by Gasteiger charge is -2.13. The Morgan fingerprint density at radius 3 is 2.39 bits per heavy atom. The van der Waals surface area contributed by atoms with Crippen LogP contribution < -0.4 is 21.1 Å². The van der Waals surface area contributed by atoms with Crippen molar-refractivity contribution in [3.05, 3.63) is 71.9 Å². The van der Waals surface area contributed by atoms with Gasteiger partial charge in [0.05, 0.1) is 12.7 Å². The molecular weight excluding hydrogens is 392 g/mol. The molecule has 7 nitrogen and oxygen atoms in total. The van der Waals surface area contributed by atoms with Crippen LogP contribution in [-0.4, -0.2) is 30.5 Å². The Hall–Kier alpha value is -3.87. The first kappa shape index (κ1) is 21.8. The SMILES string of the molecule is COc1ncc(-c2ccc(N)c(C(=O)Nc3ccccc3)c2)cc1C(=O)NCC(C)C. The van der Waals surface area contributed by atoms with Crippen molar-refractivity contribution in [1.29, 1.82) is 0 Å². The summed E-state index contributed by atoms with van der Waals surface area (Å²) in [6.45, 7) is 4.57. The highest BCUT2D eigenvalue weighted by atomic mass is 16.5. The molecule has 0 aliphatic rings. The molecule has 2 aromatic carbocycles. The van der Waals surface area contributed by atoms with Crippen LogP contribution in [0.2, 0.25) is 0 Å². The van der Waals surface area contributed by atoms with Crippen molar-refractivity contribution < 1.29 is 14.3 Å². The first-order chi connectivity index (χ1) is 14.9. The Bertz CT molecular complexity index is 1080. The summed E-state index contributed by atoms with van der Waals surface area (Å²) < 4.78 is 5.26. The summed E-state index contributed by atoms with van der Waals surface area (Å²) in [4.78, 5) is 29.7. The number of nitrogens with zero attached hydrogens (tertiary/aromatic N) is 1. The average Bonchev–Trinajstić information content (AvgIpc) is 2.78. The fraction of sp³-hybridized carbons (Fsp3) is 0.208. The van der Waals surface area contributed by atoms with Crippen molar-refractivity contribution in [3.8, 4) is 17.0 Å². The number of anilines is 2. The van der Waals surface area contributed by atoms with Gasteiger partial charge in [-0.2, -0.15) is 0 Å². The number of hydrogen-bond donors (Lipinski definition) is 3. The van der Waals surface area contributed by atoms with Crippen LogP contribution in [0.25, 0.3) is 11.1 Å². The van der Waals surface area contributed by atoms with Gasteiger partial charge in [0.2, 0.25) is 5.88 Å². The molecular formula is C24H26N4O3. The van der Waals surface area contributed by atoms with Crippen molar-refractivity contribution in [2.24, 2.45) is 5.92 Å². The van der Waals surface area contributed by atoms with E-state index in [4.69, 9.17) is 10.5 Å². The summed E-state index contributed by atoms with van der Waals surface area (Å²) in [5.41, 5.74) is 9.12. The van der Waals surface area contributed by atoms with Gasteiger partial charge in [-0.15, -0.1) is 0 Å². The van der Waals surface area contributed by atoms with Gasteiger partial charge >= 0.3 is 0 Å². The second-order valence-corrected chi connectivity index (χ2v) is 7.51. The lowest BCUT2D eigenvalue weighted by Crippen LogP contribution is -2.27. The van der Waals surface area contributed by atoms with Crippen molar-refractivity contribution in [1.82, 2.24) is 10.3 Å². The van der Waals surface area contributed by atoms with E-state index in [0.29, 0.717) is 46.1 Å². The van der Waals surface area contributed by atoms with Gasteiger partial charge in [-0.3, -0.25) is 9.59 Å². The van der Waals surface area contributed by atoms with E-state index < -0.39 is 0 Å². The van der Waals surface area contributed by atoms with E-state index in [1.54, 1.807) is 42.6 Å². The number of carbonyl (C=O) groups is 2. The van der Waals surface area contributed by atoms with E-state index in [1.165, 1.54) is 7.11 Å². The van der Waals surface area contributed by atoms with Gasteiger partial charge in [0.1, 0.15) is 5.56 Å². The van der Waals surface area contributed by atoms with Crippen molar-refractivity contribution >= 4 is 23.2 Å². The molecule has 0 aliphatic heterocycles. The summed E-state index contributed by atoms with van der Waals surface area (Å²) in [6.07, 6.45) is 1.60. The number of pyridine rings is 1. The van der Waals surface area contributed by atoms with Crippen molar-refractivity contribution in [2.45, 2.75) is 13.8 Å². The van der Waals surface area contributed by atoms with Crippen molar-refractivity contribution in [2.75, 3.05) is 24.7 Å². The normalized spacial score (nSPS) is 10.6. The lowest BCUT2D eigenvalue weighted by molar-refractivity contribution is 0.0944. The van der Waals surface area contributed by atoms with E-state index in [-0.39, 0.29) is 17.7 Å². The van der Waals surface area contributed by atoms with Gasteiger partial charge in [-0.1, -0.05) is 38.1 Å². The Kier molecular flexibility index (Phi) is 6.87. The third-order valence-corrected chi connectivity index (χ3v) is 4.62. The molecule has 3 rings (SSSR count). The Labute approximate surface area is 181 Å². The number of amides is 2. The molecule has 0 spiro atoms. The first-order valence-electron chi connectivity index (χ1n) is 9.97. The monoisotopic (exact) mass is 418 g/mol. The maximum absolute atomic E-state index is 12.8. The molecule has 7 heteroatoms. The molecule has 0 aliphatic carbocycles. The minimum absolute atomic E-state index is 0.238. The summed E-state index contributed by atoms with van der Waals surface area (Å²) in [5, 5.41) is 5.71. The summed E-state index contributed by atoms with van der Waals surface area (Å²) >= 11 is 0. The summed E-state index contributed by atoms with van der Waals surface area (Å²) in [6, 6.07) is 16.0. The number of hydrogen-bond acceptors (Lipinski definition) is 5. The smallest absolute Gasteiger partial charge is 0.257 e. The number of nitrogen functional groups attached to an aromatic ring is 1. The Morgan fingerprint density at radius 2 is 1.71 bits per heavy atom. The topological polar surface area (TPSA) is 106 Å². The minimum atomic E-state index is -0.318. The molecule has 0 unspecified atom stereocenters. The second kappa shape index (κ2) is 9.75. The highest BCUT2D eigenvalue weighted by Gasteiger charge is 2.17. The molecule has 0 radical (unpaired) electrons. The van der Waals surface area contributed by atoms with Gasteiger partial charge in [0, 0.05) is 29.7 Å². The van der Waals surface area contributed by atoms with Gasteiger partial charge in [-0.05, 0) is 41.8 Å². The fourth-order valence-corrected chi connectivity index (χ4v) is 2.98. The van der Waals surface area contributed by atoms with E-state index in [1.807, 2.05) is 32.0 Å². The fourth-order valence-electron chi connectivity index (χ4n) is 2.98. The third kappa shape index (κ3) is 5.39. The number of benzene rings is 2. The molecule has 0 fully saturated rings. The van der Waals surface area contributed by atoms with Crippen LogP contribution in [0.3, 0.4) is 0 Å². The van der Waals surface area contributed by atoms with E-state index in [0.717, 1.165) is 0 Å². The zero-order valence-corrected chi connectivity index (χ0v) is 17.8. The third-order valence-electron chi connectivity index (χ3n) is 4.62. The van der Waals surface area contributed by atoms with Crippen LogP contribution in [0, 0.1) is 5.92 Å². The molecule has 0 atom stereocenters. The maximum atomic E-state index is 12.8.